The Morgan fingerprint density at radius 2 is 1.66 bits per heavy atom. The molecule has 32 heavy (non-hydrogen) atoms. The molecule has 0 spiro atoms. The number of rotatable bonds is 7. The minimum absolute atomic E-state index is 0.0372. The van der Waals surface area contributed by atoms with Crippen LogP contribution in [0.5, 0.6) is 11.5 Å². The Morgan fingerprint density at radius 1 is 1.00 bits per heavy atom. The molecule has 0 saturated carbocycles. The summed E-state index contributed by atoms with van der Waals surface area (Å²) in [6, 6.07) is 16.1. The van der Waals surface area contributed by atoms with Crippen LogP contribution in [0.15, 0.2) is 84.1 Å². The largest absolute Gasteiger partial charge is 0.496 e. The summed E-state index contributed by atoms with van der Waals surface area (Å²) < 4.78 is 37.0. The zero-order valence-electron chi connectivity index (χ0n) is 16.4. The smallest absolute Gasteiger partial charge is 0.339 e. The third-order valence-electron chi connectivity index (χ3n) is 4.03. The summed E-state index contributed by atoms with van der Waals surface area (Å²) in [5, 5.41) is 3.96. The van der Waals surface area contributed by atoms with Gasteiger partial charge in [-0.2, -0.15) is 13.5 Å². The number of hydrogen-bond acceptors (Lipinski definition) is 6. The predicted octanol–water partition coefficient (Wildman–Crippen LogP) is 5.51. The van der Waals surface area contributed by atoms with Gasteiger partial charge in [0.05, 0.1) is 27.8 Å². The second-order valence-electron chi connectivity index (χ2n) is 6.21. The van der Waals surface area contributed by atoms with Gasteiger partial charge in [-0.3, -0.25) is 4.79 Å². The molecule has 1 N–H and O–H groups in total. The number of hydrazone groups is 1. The summed E-state index contributed by atoms with van der Waals surface area (Å²) in [4.78, 5) is 12.5. The summed E-state index contributed by atoms with van der Waals surface area (Å²) in [6.45, 7) is 0. The third-order valence-corrected chi connectivity index (χ3v) is 6.94. The highest BCUT2D eigenvalue weighted by molar-refractivity contribution is 9.11. The third kappa shape index (κ3) is 5.97. The molecular formula is C21H15Br3N2O5S. The first kappa shape index (κ1) is 24.4. The molecule has 0 saturated heterocycles. The highest BCUT2D eigenvalue weighted by atomic mass is 79.9. The first-order valence-corrected chi connectivity index (χ1v) is 12.7. The van der Waals surface area contributed by atoms with E-state index in [0.29, 0.717) is 25.8 Å². The Labute approximate surface area is 210 Å². The number of methoxy groups -OCH3 is 1. The lowest BCUT2D eigenvalue weighted by molar-refractivity contribution is 0.0952. The van der Waals surface area contributed by atoms with E-state index in [2.05, 4.69) is 58.3 Å². The van der Waals surface area contributed by atoms with Crippen LogP contribution in [0, 0.1) is 0 Å². The minimum atomic E-state index is -4.01. The van der Waals surface area contributed by atoms with Crippen molar-refractivity contribution >= 4 is 70.0 Å². The van der Waals surface area contributed by atoms with E-state index in [1.165, 1.54) is 25.5 Å². The van der Waals surface area contributed by atoms with Crippen molar-refractivity contribution in [1.29, 1.82) is 0 Å². The number of carbonyl (C=O) groups excluding carboxylic acids is 1. The van der Waals surface area contributed by atoms with Crippen LogP contribution in [0.1, 0.15) is 15.9 Å². The number of nitrogens with one attached hydrogen (secondary N) is 1. The number of halogens is 3. The van der Waals surface area contributed by atoms with Gasteiger partial charge in [0.2, 0.25) is 0 Å². The van der Waals surface area contributed by atoms with Gasteiger partial charge in [-0.25, -0.2) is 5.43 Å². The SMILES string of the molecule is COc1ccc(Br)cc1C(=O)N/N=C\c1cc(Br)c(OS(=O)(=O)c2ccccc2)c(Br)c1. The van der Waals surface area contributed by atoms with Crippen molar-refractivity contribution in [1.82, 2.24) is 5.43 Å². The normalized spacial score (nSPS) is 11.4. The Hall–Kier alpha value is -2.21. The lowest BCUT2D eigenvalue weighted by Crippen LogP contribution is -2.18. The zero-order valence-corrected chi connectivity index (χ0v) is 22.0. The number of benzene rings is 3. The van der Waals surface area contributed by atoms with E-state index < -0.39 is 16.0 Å². The van der Waals surface area contributed by atoms with Gasteiger partial charge >= 0.3 is 10.1 Å². The minimum Gasteiger partial charge on any atom is -0.496 e. The highest BCUT2D eigenvalue weighted by Gasteiger charge is 2.20. The monoisotopic (exact) mass is 644 g/mol. The van der Waals surface area contributed by atoms with Crippen molar-refractivity contribution in [2.75, 3.05) is 7.11 Å². The van der Waals surface area contributed by atoms with Gasteiger partial charge in [0.25, 0.3) is 5.91 Å². The summed E-state index contributed by atoms with van der Waals surface area (Å²) in [5.74, 6) is 0.0490. The average Bonchev–Trinajstić information content (AvgIpc) is 2.77. The van der Waals surface area contributed by atoms with E-state index in [0.717, 1.165) is 4.47 Å². The second-order valence-corrected chi connectivity index (χ2v) is 10.4. The molecule has 0 aliphatic rings. The first-order chi connectivity index (χ1) is 15.2. The first-order valence-electron chi connectivity index (χ1n) is 8.87. The molecule has 0 radical (unpaired) electrons. The molecule has 0 aliphatic heterocycles. The molecule has 3 aromatic carbocycles. The zero-order chi connectivity index (χ0) is 23.3. The maximum atomic E-state index is 12.5. The maximum absolute atomic E-state index is 12.5. The summed E-state index contributed by atoms with van der Waals surface area (Å²) in [5.41, 5.74) is 3.33. The van der Waals surface area contributed by atoms with Gasteiger partial charge in [0.15, 0.2) is 5.75 Å². The molecule has 0 aromatic heterocycles. The van der Waals surface area contributed by atoms with Crippen molar-refractivity contribution in [3.8, 4) is 11.5 Å². The number of ether oxygens (including phenoxy) is 1. The van der Waals surface area contributed by atoms with Crippen molar-refractivity contribution in [2.45, 2.75) is 4.90 Å². The van der Waals surface area contributed by atoms with Crippen molar-refractivity contribution in [3.63, 3.8) is 0 Å². The van der Waals surface area contributed by atoms with E-state index >= 15 is 0 Å². The summed E-state index contributed by atoms with van der Waals surface area (Å²) in [7, 11) is -2.53. The maximum Gasteiger partial charge on any atom is 0.339 e. The van der Waals surface area contributed by atoms with Crippen molar-refractivity contribution in [3.05, 3.63) is 85.2 Å². The number of amides is 1. The van der Waals surface area contributed by atoms with E-state index in [-0.39, 0.29) is 10.6 Å². The number of nitrogens with zero attached hydrogens (tertiary/aromatic N) is 1. The van der Waals surface area contributed by atoms with Gasteiger partial charge in [-0.1, -0.05) is 34.1 Å². The lowest BCUT2D eigenvalue weighted by atomic mass is 10.2. The second kappa shape index (κ2) is 10.6. The summed E-state index contributed by atoms with van der Waals surface area (Å²) in [6.07, 6.45) is 1.41. The molecule has 0 heterocycles. The van der Waals surface area contributed by atoms with Crippen LogP contribution in [0.3, 0.4) is 0 Å². The Morgan fingerprint density at radius 3 is 2.28 bits per heavy atom. The molecule has 0 aliphatic carbocycles. The van der Waals surface area contributed by atoms with Gasteiger partial charge in [0, 0.05) is 4.47 Å². The van der Waals surface area contributed by atoms with E-state index in [1.54, 1.807) is 48.5 Å². The van der Waals surface area contributed by atoms with Crippen molar-refractivity contribution in [2.24, 2.45) is 5.10 Å². The van der Waals surface area contributed by atoms with Crippen molar-refractivity contribution < 1.29 is 22.1 Å². The van der Waals surface area contributed by atoms with Crippen LogP contribution in [-0.4, -0.2) is 27.6 Å². The Kier molecular flexibility index (Phi) is 8.10. The van der Waals surface area contributed by atoms with E-state index in [4.69, 9.17) is 8.92 Å². The molecule has 166 valence electrons. The van der Waals surface area contributed by atoms with Gasteiger partial charge in [0.1, 0.15) is 10.6 Å². The van der Waals surface area contributed by atoms with Gasteiger partial charge in [-0.15, -0.1) is 0 Å². The fourth-order valence-electron chi connectivity index (χ4n) is 2.56. The van der Waals surface area contributed by atoms with Crippen LogP contribution in [0.25, 0.3) is 0 Å². The molecule has 11 heteroatoms. The molecule has 3 aromatic rings. The van der Waals surface area contributed by atoms with E-state index in [9.17, 15) is 13.2 Å². The molecule has 7 nitrogen and oxygen atoms in total. The number of carbonyl (C=O) groups is 1. The molecule has 3 rings (SSSR count). The fraction of sp³-hybridized carbons (Fsp3) is 0.0476. The topological polar surface area (TPSA) is 94.1 Å². The van der Waals surface area contributed by atoms with Gasteiger partial charge in [-0.05, 0) is 79.9 Å². The quantitative estimate of drug-likeness (QED) is 0.208. The van der Waals surface area contributed by atoms with E-state index in [1.807, 2.05) is 0 Å². The van der Waals surface area contributed by atoms with Gasteiger partial charge < -0.3 is 8.92 Å². The molecule has 0 bridgehead atoms. The Balaban J connectivity index is 1.76. The molecular weight excluding hydrogens is 632 g/mol. The van der Waals surface area contributed by atoms with Crippen LogP contribution in [-0.2, 0) is 10.1 Å². The number of hydrogen-bond donors (Lipinski definition) is 1. The molecule has 0 unspecified atom stereocenters. The molecule has 0 fully saturated rings. The van der Waals surface area contributed by atoms with Crippen LogP contribution in [0.2, 0.25) is 0 Å². The summed E-state index contributed by atoms with van der Waals surface area (Å²) >= 11 is 9.95. The molecule has 0 atom stereocenters. The predicted molar refractivity (Wildman–Crippen MR) is 132 cm³/mol. The standard InChI is InChI=1S/C21H15Br3N2O5S/c1-30-19-8-7-14(22)11-16(19)21(27)26-25-12-13-9-17(23)20(18(24)10-13)31-32(28,29)15-5-3-2-4-6-15/h2-12H,1H3,(H,26,27)/b25-12-. The van der Waals surface area contributed by atoms with Crippen LogP contribution in [0.4, 0.5) is 0 Å². The molecule has 1 amide bonds. The lowest BCUT2D eigenvalue weighted by Gasteiger charge is -2.11. The Bertz CT molecular complexity index is 1260. The highest BCUT2D eigenvalue weighted by Crippen LogP contribution is 2.36. The fourth-order valence-corrected chi connectivity index (χ4v) is 5.51. The van der Waals surface area contributed by atoms with Crippen LogP contribution >= 0.6 is 47.8 Å². The average molecular weight is 647 g/mol. The van der Waals surface area contributed by atoms with Crippen LogP contribution < -0.4 is 14.3 Å².